The first kappa shape index (κ1) is 12.9. The molecule has 1 atom stereocenters. The molecule has 18 heavy (non-hydrogen) atoms. The molecular formula is C13H21N3O2. The van der Waals surface area contributed by atoms with E-state index in [-0.39, 0.29) is 12.1 Å². The SMILES string of the molecule is CC(C)(C)OC(=O)N1CCCCC1c1cc[nH]n1. The van der Waals surface area contributed by atoms with Gasteiger partial charge in [-0.3, -0.25) is 10.00 Å². The average molecular weight is 251 g/mol. The van der Waals surface area contributed by atoms with E-state index in [1.807, 2.05) is 26.8 Å². The summed E-state index contributed by atoms with van der Waals surface area (Å²) in [4.78, 5) is 14.0. The van der Waals surface area contributed by atoms with E-state index in [4.69, 9.17) is 4.74 Å². The van der Waals surface area contributed by atoms with Gasteiger partial charge in [-0.1, -0.05) is 0 Å². The van der Waals surface area contributed by atoms with Gasteiger partial charge in [0.2, 0.25) is 0 Å². The Kier molecular flexibility index (Phi) is 3.59. The van der Waals surface area contributed by atoms with Crippen molar-refractivity contribution in [1.82, 2.24) is 15.1 Å². The minimum absolute atomic E-state index is 0.0415. The maximum absolute atomic E-state index is 12.2. The first-order valence-electron chi connectivity index (χ1n) is 6.47. The number of hydrogen-bond donors (Lipinski definition) is 1. The fourth-order valence-corrected chi connectivity index (χ4v) is 2.24. The molecule has 1 aromatic rings. The lowest BCUT2D eigenvalue weighted by molar-refractivity contribution is 0.00900. The molecule has 1 saturated heterocycles. The molecule has 1 aliphatic heterocycles. The number of nitrogens with one attached hydrogen (secondary N) is 1. The van der Waals surface area contributed by atoms with Crippen molar-refractivity contribution in [3.63, 3.8) is 0 Å². The van der Waals surface area contributed by atoms with E-state index < -0.39 is 5.60 Å². The van der Waals surface area contributed by atoms with Crippen LogP contribution in [0, 0.1) is 0 Å². The number of H-pyrrole nitrogens is 1. The highest BCUT2D eigenvalue weighted by atomic mass is 16.6. The van der Waals surface area contributed by atoms with E-state index in [1.54, 1.807) is 11.1 Å². The number of likely N-dealkylation sites (tertiary alicyclic amines) is 1. The number of carbonyl (C=O) groups is 1. The van der Waals surface area contributed by atoms with Crippen LogP contribution in [-0.2, 0) is 4.74 Å². The second kappa shape index (κ2) is 5.00. The molecule has 0 radical (unpaired) electrons. The molecule has 100 valence electrons. The molecule has 2 heterocycles. The van der Waals surface area contributed by atoms with Gasteiger partial charge in [-0.25, -0.2) is 4.79 Å². The summed E-state index contributed by atoms with van der Waals surface area (Å²) >= 11 is 0. The number of rotatable bonds is 1. The van der Waals surface area contributed by atoms with Crippen LogP contribution >= 0.6 is 0 Å². The maximum atomic E-state index is 12.2. The molecule has 0 aromatic carbocycles. The second-order valence-electron chi connectivity index (χ2n) is 5.68. The standard InChI is InChI=1S/C13H21N3O2/c1-13(2,3)18-12(17)16-9-5-4-6-11(16)10-7-8-14-15-10/h7-8,11H,4-6,9H2,1-3H3,(H,14,15). The van der Waals surface area contributed by atoms with Crippen molar-refractivity contribution < 1.29 is 9.53 Å². The molecule has 1 amide bonds. The highest BCUT2D eigenvalue weighted by Gasteiger charge is 2.32. The van der Waals surface area contributed by atoms with Gasteiger partial charge in [0.1, 0.15) is 5.60 Å². The zero-order chi connectivity index (χ0) is 13.2. The normalized spacial score (nSPS) is 20.8. The number of hydrogen-bond acceptors (Lipinski definition) is 3. The number of aromatic nitrogens is 2. The largest absolute Gasteiger partial charge is 0.444 e. The average Bonchev–Trinajstić information content (AvgIpc) is 2.80. The molecule has 0 bridgehead atoms. The smallest absolute Gasteiger partial charge is 0.410 e. The summed E-state index contributed by atoms with van der Waals surface area (Å²) in [6, 6.07) is 1.97. The van der Waals surface area contributed by atoms with Gasteiger partial charge in [0, 0.05) is 12.7 Å². The molecule has 0 saturated carbocycles. The highest BCUT2D eigenvalue weighted by molar-refractivity contribution is 5.68. The van der Waals surface area contributed by atoms with Crippen LogP contribution in [-0.4, -0.2) is 33.3 Å². The topological polar surface area (TPSA) is 58.2 Å². The summed E-state index contributed by atoms with van der Waals surface area (Å²) in [5.41, 5.74) is 0.463. The lowest BCUT2D eigenvalue weighted by Crippen LogP contribution is -2.42. The fraction of sp³-hybridized carbons (Fsp3) is 0.692. The van der Waals surface area contributed by atoms with Gasteiger partial charge >= 0.3 is 6.09 Å². The number of nitrogens with zero attached hydrogens (tertiary/aromatic N) is 2. The number of aromatic amines is 1. The molecule has 5 nitrogen and oxygen atoms in total. The summed E-state index contributed by atoms with van der Waals surface area (Å²) in [5, 5.41) is 7.00. The fourth-order valence-electron chi connectivity index (χ4n) is 2.24. The summed E-state index contributed by atoms with van der Waals surface area (Å²) in [6.07, 6.45) is 4.65. The summed E-state index contributed by atoms with van der Waals surface area (Å²) in [7, 11) is 0. The van der Waals surface area contributed by atoms with Crippen molar-refractivity contribution in [2.24, 2.45) is 0 Å². The van der Waals surface area contributed by atoms with Gasteiger partial charge in [-0.2, -0.15) is 5.10 Å². The summed E-state index contributed by atoms with van der Waals surface area (Å²) in [5.74, 6) is 0. The van der Waals surface area contributed by atoms with Crippen molar-refractivity contribution in [1.29, 1.82) is 0 Å². The molecule has 0 aliphatic carbocycles. The van der Waals surface area contributed by atoms with E-state index in [2.05, 4.69) is 10.2 Å². The van der Waals surface area contributed by atoms with Gasteiger partial charge in [0.05, 0.1) is 11.7 Å². The van der Waals surface area contributed by atoms with Gasteiger partial charge in [0.25, 0.3) is 0 Å². The first-order chi connectivity index (χ1) is 8.47. The minimum Gasteiger partial charge on any atom is -0.444 e. The van der Waals surface area contributed by atoms with Crippen molar-refractivity contribution in [2.75, 3.05) is 6.54 Å². The molecule has 1 N–H and O–H groups in total. The van der Waals surface area contributed by atoms with Crippen LogP contribution in [0.1, 0.15) is 51.8 Å². The Bertz CT molecular complexity index is 395. The second-order valence-corrected chi connectivity index (χ2v) is 5.68. The van der Waals surface area contributed by atoms with Crippen LogP contribution in [0.15, 0.2) is 12.3 Å². The predicted molar refractivity (Wildman–Crippen MR) is 68.1 cm³/mol. The quantitative estimate of drug-likeness (QED) is 0.835. The van der Waals surface area contributed by atoms with Crippen molar-refractivity contribution >= 4 is 6.09 Å². The zero-order valence-electron chi connectivity index (χ0n) is 11.3. The zero-order valence-corrected chi connectivity index (χ0v) is 11.3. The van der Waals surface area contributed by atoms with Crippen LogP contribution < -0.4 is 0 Å². The number of ether oxygens (including phenoxy) is 1. The molecular weight excluding hydrogens is 230 g/mol. The van der Waals surface area contributed by atoms with Crippen molar-refractivity contribution in [3.05, 3.63) is 18.0 Å². The Balaban J connectivity index is 2.11. The molecule has 2 rings (SSSR count). The maximum Gasteiger partial charge on any atom is 0.410 e. The van der Waals surface area contributed by atoms with Gasteiger partial charge < -0.3 is 4.74 Å². The third-order valence-corrected chi connectivity index (χ3v) is 2.99. The Morgan fingerprint density at radius 3 is 2.89 bits per heavy atom. The van der Waals surface area contributed by atoms with E-state index in [1.165, 1.54) is 0 Å². The molecule has 1 aromatic heterocycles. The van der Waals surface area contributed by atoms with Gasteiger partial charge in [-0.05, 0) is 46.1 Å². The van der Waals surface area contributed by atoms with Crippen LogP contribution in [0.3, 0.4) is 0 Å². The number of piperidine rings is 1. The molecule has 5 heteroatoms. The van der Waals surface area contributed by atoms with E-state index >= 15 is 0 Å². The minimum atomic E-state index is -0.454. The van der Waals surface area contributed by atoms with E-state index in [9.17, 15) is 4.79 Å². The van der Waals surface area contributed by atoms with Gasteiger partial charge in [0.15, 0.2) is 0 Å². The molecule has 1 unspecified atom stereocenters. The first-order valence-corrected chi connectivity index (χ1v) is 6.47. The third kappa shape index (κ3) is 3.03. The van der Waals surface area contributed by atoms with Crippen LogP contribution in [0.4, 0.5) is 4.79 Å². The Hall–Kier alpha value is -1.52. The summed E-state index contributed by atoms with van der Waals surface area (Å²) in [6.45, 7) is 6.40. The third-order valence-electron chi connectivity index (χ3n) is 2.99. The number of carbonyl (C=O) groups excluding carboxylic acids is 1. The lowest BCUT2D eigenvalue weighted by atomic mass is 10.00. The Morgan fingerprint density at radius 2 is 2.28 bits per heavy atom. The molecule has 0 spiro atoms. The van der Waals surface area contributed by atoms with Crippen LogP contribution in [0.25, 0.3) is 0 Å². The van der Waals surface area contributed by atoms with Crippen molar-refractivity contribution in [2.45, 2.75) is 51.7 Å². The van der Waals surface area contributed by atoms with Crippen molar-refractivity contribution in [3.8, 4) is 0 Å². The lowest BCUT2D eigenvalue weighted by Gasteiger charge is -2.35. The van der Waals surface area contributed by atoms with Gasteiger partial charge in [-0.15, -0.1) is 0 Å². The van der Waals surface area contributed by atoms with Crippen LogP contribution in [0.5, 0.6) is 0 Å². The molecule has 1 aliphatic rings. The van der Waals surface area contributed by atoms with Crippen LogP contribution in [0.2, 0.25) is 0 Å². The Labute approximate surface area is 108 Å². The molecule has 1 fully saturated rings. The predicted octanol–water partition coefficient (Wildman–Crippen LogP) is 2.87. The summed E-state index contributed by atoms with van der Waals surface area (Å²) < 4.78 is 5.45. The van der Waals surface area contributed by atoms with E-state index in [0.29, 0.717) is 0 Å². The number of amides is 1. The monoisotopic (exact) mass is 251 g/mol. The highest BCUT2D eigenvalue weighted by Crippen LogP contribution is 2.30. The Morgan fingerprint density at radius 1 is 1.50 bits per heavy atom. The van der Waals surface area contributed by atoms with E-state index in [0.717, 1.165) is 31.5 Å².